The van der Waals surface area contributed by atoms with Gasteiger partial charge in [-0.3, -0.25) is 9.78 Å². The minimum absolute atomic E-state index is 0.230. The van der Waals surface area contributed by atoms with Gasteiger partial charge in [-0.25, -0.2) is 4.98 Å². The molecule has 0 unspecified atom stereocenters. The fourth-order valence-corrected chi connectivity index (χ4v) is 2.33. The molecule has 0 bridgehead atoms. The summed E-state index contributed by atoms with van der Waals surface area (Å²) < 4.78 is 10.5. The Bertz CT molecular complexity index is 821. The van der Waals surface area contributed by atoms with Crippen LogP contribution in [0.3, 0.4) is 0 Å². The lowest BCUT2D eigenvalue weighted by molar-refractivity contribution is 0.0941. The molecule has 4 rings (SSSR count). The average Bonchev–Trinajstić information content (AvgIpc) is 3.10. The van der Waals surface area contributed by atoms with Crippen LogP contribution >= 0.6 is 0 Å². The van der Waals surface area contributed by atoms with Crippen LogP contribution in [0.15, 0.2) is 45.8 Å². The van der Waals surface area contributed by atoms with E-state index in [1.807, 2.05) is 0 Å². The maximum absolute atomic E-state index is 12.2. The first kappa shape index (κ1) is 13.7. The van der Waals surface area contributed by atoms with Gasteiger partial charge in [0.05, 0.1) is 18.5 Å². The zero-order chi connectivity index (χ0) is 15.6. The van der Waals surface area contributed by atoms with Gasteiger partial charge in [0.2, 0.25) is 0 Å². The first-order chi connectivity index (χ1) is 11.3. The highest BCUT2D eigenvalue weighted by Gasteiger charge is 2.28. The van der Waals surface area contributed by atoms with Crippen LogP contribution in [0.5, 0.6) is 0 Å². The molecule has 0 aliphatic heterocycles. The van der Waals surface area contributed by atoms with Crippen LogP contribution in [0.25, 0.3) is 11.5 Å². The molecular weight excluding hydrogens is 296 g/mol. The van der Waals surface area contributed by atoms with E-state index < -0.39 is 0 Å². The number of rotatable bonds is 5. The summed E-state index contributed by atoms with van der Waals surface area (Å²) in [4.78, 5) is 20.7. The molecule has 3 aromatic rings. The molecule has 0 atom stereocenters. The van der Waals surface area contributed by atoms with Gasteiger partial charge >= 0.3 is 0 Å². The molecule has 7 nitrogen and oxygen atoms in total. The molecule has 23 heavy (non-hydrogen) atoms. The Balaban J connectivity index is 1.47. The SMILES string of the molecule is O=C(NCc1nccnc1-c1ccco1)c1cc(C2CC2)on1. The van der Waals surface area contributed by atoms with E-state index in [9.17, 15) is 4.79 Å². The number of aromatic nitrogens is 3. The lowest BCUT2D eigenvalue weighted by Gasteiger charge is -2.06. The molecule has 1 N–H and O–H groups in total. The van der Waals surface area contributed by atoms with Crippen molar-refractivity contribution in [3.05, 3.63) is 54.0 Å². The molecule has 0 spiro atoms. The molecule has 7 heteroatoms. The second-order valence-electron chi connectivity index (χ2n) is 5.40. The first-order valence-electron chi connectivity index (χ1n) is 7.40. The van der Waals surface area contributed by atoms with Crippen molar-refractivity contribution in [3.8, 4) is 11.5 Å². The number of furan rings is 1. The summed E-state index contributed by atoms with van der Waals surface area (Å²) in [6, 6.07) is 5.28. The highest BCUT2D eigenvalue weighted by molar-refractivity contribution is 5.92. The van der Waals surface area contributed by atoms with Crippen LogP contribution in [0, 0.1) is 0 Å². The van der Waals surface area contributed by atoms with E-state index in [1.54, 1.807) is 36.9 Å². The van der Waals surface area contributed by atoms with Gasteiger partial charge in [-0.2, -0.15) is 0 Å². The van der Waals surface area contributed by atoms with E-state index in [0.29, 0.717) is 23.1 Å². The summed E-state index contributed by atoms with van der Waals surface area (Å²) in [5.41, 5.74) is 1.52. The Kier molecular flexibility index (Phi) is 3.38. The number of hydrogen-bond donors (Lipinski definition) is 1. The Morgan fingerprint density at radius 1 is 1.30 bits per heavy atom. The molecule has 3 heterocycles. The van der Waals surface area contributed by atoms with Crippen molar-refractivity contribution in [2.75, 3.05) is 0 Å². The molecular formula is C16H14N4O3. The van der Waals surface area contributed by atoms with Gasteiger partial charge in [0.15, 0.2) is 11.5 Å². The standard InChI is InChI=1S/C16H14N4O3/c21-16(11-8-14(23-20-11)10-3-4-10)19-9-12-15(18-6-5-17-12)13-2-1-7-22-13/h1-2,5-8,10H,3-4,9H2,(H,19,21). The second-order valence-corrected chi connectivity index (χ2v) is 5.40. The fraction of sp³-hybridized carbons (Fsp3) is 0.250. The predicted octanol–water partition coefficient (Wildman–Crippen LogP) is 2.53. The average molecular weight is 310 g/mol. The third kappa shape index (κ3) is 2.85. The number of carbonyl (C=O) groups excluding carboxylic acids is 1. The van der Waals surface area contributed by atoms with Crippen LogP contribution in [0.1, 0.15) is 40.7 Å². The monoisotopic (exact) mass is 310 g/mol. The summed E-state index contributed by atoms with van der Waals surface area (Å²) in [7, 11) is 0. The maximum atomic E-state index is 12.2. The maximum Gasteiger partial charge on any atom is 0.273 e. The van der Waals surface area contributed by atoms with Gasteiger partial charge in [-0.15, -0.1) is 0 Å². The predicted molar refractivity (Wildman–Crippen MR) is 79.4 cm³/mol. The minimum Gasteiger partial charge on any atom is -0.463 e. The lowest BCUT2D eigenvalue weighted by Crippen LogP contribution is -2.24. The molecule has 1 saturated carbocycles. The van der Waals surface area contributed by atoms with E-state index in [1.165, 1.54) is 0 Å². The van der Waals surface area contributed by atoms with E-state index in [0.717, 1.165) is 18.6 Å². The zero-order valence-corrected chi connectivity index (χ0v) is 12.2. The Hall–Kier alpha value is -2.96. The van der Waals surface area contributed by atoms with Crippen LogP contribution in [-0.4, -0.2) is 21.0 Å². The number of hydrogen-bond acceptors (Lipinski definition) is 6. The third-order valence-corrected chi connectivity index (χ3v) is 3.69. The zero-order valence-electron chi connectivity index (χ0n) is 12.2. The topological polar surface area (TPSA) is 94.1 Å². The molecule has 1 aliphatic rings. The molecule has 3 aromatic heterocycles. The van der Waals surface area contributed by atoms with Gasteiger partial charge in [-0.1, -0.05) is 5.16 Å². The summed E-state index contributed by atoms with van der Waals surface area (Å²) in [5.74, 6) is 1.53. The smallest absolute Gasteiger partial charge is 0.273 e. The number of amides is 1. The largest absolute Gasteiger partial charge is 0.463 e. The molecule has 0 radical (unpaired) electrons. The Labute approximate surface area is 131 Å². The van der Waals surface area contributed by atoms with Crippen molar-refractivity contribution in [3.63, 3.8) is 0 Å². The third-order valence-electron chi connectivity index (χ3n) is 3.69. The minimum atomic E-state index is -0.295. The van der Waals surface area contributed by atoms with E-state index in [4.69, 9.17) is 8.94 Å². The van der Waals surface area contributed by atoms with Gasteiger partial charge in [0.1, 0.15) is 11.5 Å². The number of nitrogens with one attached hydrogen (secondary N) is 1. The van der Waals surface area contributed by atoms with Crippen molar-refractivity contribution in [2.45, 2.75) is 25.3 Å². The van der Waals surface area contributed by atoms with Crippen LogP contribution in [0.4, 0.5) is 0 Å². The van der Waals surface area contributed by atoms with E-state index in [-0.39, 0.29) is 18.1 Å². The summed E-state index contributed by atoms with van der Waals surface area (Å²) in [5, 5.41) is 6.61. The van der Waals surface area contributed by atoms with Gasteiger partial charge < -0.3 is 14.3 Å². The molecule has 1 aliphatic carbocycles. The summed E-state index contributed by atoms with van der Waals surface area (Å²) in [6.07, 6.45) is 6.93. The molecule has 0 aromatic carbocycles. The van der Waals surface area contributed by atoms with Crippen LogP contribution in [-0.2, 0) is 6.54 Å². The summed E-state index contributed by atoms with van der Waals surface area (Å²) in [6.45, 7) is 0.230. The Morgan fingerprint density at radius 2 is 2.17 bits per heavy atom. The van der Waals surface area contributed by atoms with E-state index >= 15 is 0 Å². The van der Waals surface area contributed by atoms with Gasteiger partial charge in [0.25, 0.3) is 5.91 Å². The van der Waals surface area contributed by atoms with Crippen molar-refractivity contribution < 1.29 is 13.7 Å². The van der Waals surface area contributed by atoms with Crippen molar-refractivity contribution in [2.24, 2.45) is 0 Å². The molecule has 0 saturated heterocycles. The quantitative estimate of drug-likeness (QED) is 0.778. The van der Waals surface area contributed by atoms with Crippen molar-refractivity contribution >= 4 is 5.91 Å². The molecule has 1 amide bonds. The van der Waals surface area contributed by atoms with Gasteiger partial charge in [-0.05, 0) is 25.0 Å². The van der Waals surface area contributed by atoms with Crippen molar-refractivity contribution in [1.29, 1.82) is 0 Å². The fourth-order valence-electron chi connectivity index (χ4n) is 2.33. The first-order valence-corrected chi connectivity index (χ1v) is 7.40. The molecule has 116 valence electrons. The van der Waals surface area contributed by atoms with Gasteiger partial charge in [0, 0.05) is 24.4 Å². The van der Waals surface area contributed by atoms with Crippen molar-refractivity contribution in [1.82, 2.24) is 20.4 Å². The van der Waals surface area contributed by atoms with E-state index in [2.05, 4.69) is 20.4 Å². The normalized spacial score (nSPS) is 13.9. The Morgan fingerprint density at radius 3 is 2.96 bits per heavy atom. The number of nitrogens with zero attached hydrogens (tertiary/aromatic N) is 3. The number of carbonyl (C=O) groups is 1. The highest BCUT2D eigenvalue weighted by atomic mass is 16.5. The molecule has 1 fully saturated rings. The highest BCUT2D eigenvalue weighted by Crippen LogP contribution is 2.40. The van der Waals surface area contributed by atoms with Crippen LogP contribution in [0.2, 0.25) is 0 Å². The lowest BCUT2D eigenvalue weighted by atomic mass is 10.2. The second kappa shape index (κ2) is 5.68. The van der Waals surface area contributed by atoms with Crippen LogP contribution < -0.4 is 5.32 Å². The summed E-state index contributed by atoms with van der Waals surface area (Å²) >= 11 is 0.